The number of carbonyl (C=O) groups excluding carboxylic acids is 1. The van der Waals surface area contributed by atoms with E-state index < -0.39 is 6.04 Å². The lowest BCUT2D eigenvalue weighted by molar-refractivity contribution is -0.118. The summed E-state index contributed by atoms with van der Waals surface area (Å²) in [7, 11) is 0. The van der Waals surface area contributed by atoms with E-state index in [-0.39, 0.29) is 16.9 Å². The van der Waals surface area contributed by atoms with Gasteiger partial charge < -0.3 is 5.32 Å². The molecule has 1 aliphatic carbocycles. The van der Waals surface area contributed by atoms with Gasteiger partial charge in [0.1, 0.15) is 10.9 Å². The third-order valence-corrected chi connectivity index (χ3v) is 8.02. The van der Waals surface area contributed by atoms with E-state index >= 15 is 0 Å². The van der Waals surface area contributed by atoms with Crippen LogP contribution in [0.25, 0.3) is 10.2 Å². The highest BCUT2D eigenvalue weighted by atomic mass is 35.5. The number of anilines is 1. The van der Waals surface area contributed by atoms with Crippen molar-refractivity contribution < 1.29 is 4.79 Å². The van der Waals surface area contributed by atoms with Gasteiger partial charge in [-0.25, -0.2) is 4.98 Å². The molecule has 1 aromatic carbocycles. The lowest BCUT2D eigenvalue weighted by atomic mass is 9.72. The predicted octanol–water partition coefficient (Wildman–Crippen LogP) is 5.77. The van der Waals surface area contributed by atoms with Gasteiger partial charge >= 0.3 is 0 Å². The number of fused-ring (bicyclic) bond motifs is 3. The number of benzene rings is 1. The maximum atomic E-state index is 13.4. The summed E-state index contributed by atoms with van der Waals surface area (Å²) >= 11 is 7.79. The molecule has 1 N–H and O–H groups in total. The van der Waals surface area contributed by atoms with E-state index in [0.29, 0.717) is 22.0 Å². The number of halogens is 1. The molecular weight excluding hydrogens is 430 g/mol. The summed E-state index contributed by atoms with van der Waals surface area (Å²) in [5.74, 6) is 0.321. The fourth-order valence-corrected chi connectivity index (χ4v) is 5.68. The second kappa shape index (κ2) is 8.06. The number of hydrogen-bond donors (Lipinski definition) is 1. The molecule has 0 spiro atoms. The summed E-state index contributed by atoms with van der Waals surface area (Å²) in [6.07, 6.45) is 4.45. The summed E-state index contributed by atoms with van der Waals surface area (Å²) in [6, 6.07) is 4.68. The van der Waals surface area contributed by atoms with E-state index in [1.54, 1.807) is 30.4 Å². The molecule has 4 rings (SSSR count). The number of thiophene rings is 1. The van der Waals surface area contributed by atoms with Crippen molar-refractivity contribution in [1.82, 2.24) is 9.55 Å². The minimum absolute atomic E-state index is 0.138. The van der Waals surface area contributed by atoms with Gasteiger partial charge in [0, 0.05) is 15.6 Å². The minimum Gasteiger partial charge on any atom is -0.324 e. The van der Waals surface area contributed by atoms with Gasteiger partial charge in [-0.05, 0) is 67.7 Å². The second-order valence-electron chi connectivity index (χ2n) is 9.58. The minimum atomic E-state index is -0.689. The molecule has 164 valence electrons. The fourth-order valence-electron chi connectivity index (χ4n) is 4.24. The molecule has 5 nitrogen and oxygen atoms in total. The maximum absolute atomic E-state index is 13.4. The van der Waals surface area contributed by atoms with Gasteiger partial charge in [0.2, 0.25) is 5.91 Å². The molecule has 1 aliphatic rings. The van der Waals surface area contributed by atoms with Crippen LogP contribution in [0.1, 0.15) is 56.2 Å². The number of nitrogens with one attached hydrogen (secondary N) is 1. The van der Waals surface area contributed by atoms with Crippen LogP contribution in [0, 0.1) is 18.3 Å². The van der Waals surface area contributed by atoms with Crippen molar-refractivity contribution in [1.29, 1.82) is 0 Å². The first-order valence-corrected chi connectivity index (χ1v) is 11.8. The zero-order valence-electron chi connectivity index (χ0n) is 18.6. The van der Waals surface area contributed by atoms with Gasteiger partial charge in [-0.15, -0.1) is 11.3 Å². The molecule has 0 bridgehead atoms. The molecule has 0 radical (unpaired) electrons. The van der Waals surface area contributed by atoms with Crippen molar-refractivity contribution in [2.75, 3.05) is 5.32 Å². The van der Waals surface area contributed by atoms with Crippen molar-refractivity contribution in [3.05, 3.63) is 55.9 Å². The Bertz CT molecular complexity index is 1220. The van der Waals surface area contributed by atoms with Crippen LogP contribution in [0.2, 0.25) is 5.02 Å². The molecule has 2 heterocycles. The number of rotatable bonds is 3. The Morgan fingerprint density at radius 2 is 2.10 bits per heavy atom. The van der Waals surface area contributed by atoms with Crippen LogP contribution >= 0.6 is 22.9 Å². The van der Waals surface area contributed by atoms with Crippen LogP contribution in [-0.4, -0.2) is 15.5 Å². The first-order chi connectivity index (χ1) is 14.6. The Hall–Kier alpha value is -2.18. The molecule has 31 heavy (non-hydrogen) atoms. The average Bonchev–Trinajstić information content (AvgIpc) is 3.08. The molecule has 0 saturated heterocycles. The summed E-state index contributed by atoms with van der Waals surface area (Å²) in [5.41, 5.74) is 2.78. The lowest BCUT2D eigenvalue weighted by Crippen LogP contribution is -2.32. The topological polar surface area (TPSA) is 64.0 Å². The predicted molar refractivity (Wildman–Crippen MR) is 128 cm³/mol. The van der Waals surface area contributed by atoms with E-state index in [4.69, 9.17) is 11.6 Å². The van der Waals surface area contributed by atoms with Gasteiger partial charge in [0.25, 0.3) is 5.56 Å². The van der Waals surface area contributed by atoms with Crippen LogP contribution in [0.5, 0.6) is 0 Å². The van der Waals surface area contributed by atoms with Crippen molar-refractivity contribution >= 4 is 44.7 Å². The monoisotopic (exact) mass is 457 g/mol. The first-order valence-electron chi connectivity index (χ1n) is 10.6. The number of aromatic nitrogens is 2. The average molecular weight is 458 g/mol. The largest absolute Gasteiger partial charge is 0.324 e. The van der Waals surface area contributed by atoms with E-state index in [9.17, 15) is 9.59 Å². The van der Waals surface area contributed by atoms with Crippen molar-refractivity contribution in [2.24, 2.45) is 11.3 Å². The van der Waals surface area contributed by atoms with Crippen LogP contribution in [0.3, 0.4) is 0 Å². The number of carbonyl (C=O) groups is 1. The molecule has 0 fully saturated rings. The maximum Gasteiger partial charge on any atom is 0.263 e. The zero-order chi connectivity index (χ0) is 22.5. The number of aryl methyl sites for hydroxylation is 2. The third-order valence-electron chi connectivity index (χ3n) is 6.46. The standard InChI is InChI=1S/C24H28ClN3O2S/c1-13-6-8-16(11-18(13)25)27-21(29)14(2)28-12-26-22-20(23(28)30)17-9-7-15(24(3,4)5)10-19(17)31-22/h6,8,11-12,14-15H,7,9-10H2,1-5H3,(H,27,29). The van der Waals surface area contributed by atoms with Crippen LogP contribution in [0.15, 0.2) is 29.3 Å². The SMILES string of the molecule is Cc1ccc(NC(=O)C(C)n2cnc3sc4c(c3c2=O)CCC(C(C)(C)C)C4)cc1Cl. The fraction of sp³-hybridized carbons (Fsp3) is 0.458. The van der Waals surface area contributed by atoms with Gasteiger partial charge in [-0.2, -0.15) is 0 Å². The van der Waals surface area contributed by atoms with Crippen LogP contribution < -0.4 is 10.9 Å². The summed E-state index contributed by atoms with van der Waals surface area (Å²) < 4.78 is 1.44. The summed E-state index contributed by atoms with van der Waals surface area (Å²) in [5, 5.41) is 4.13. The molecule has 2 aromatic heterocycles. The molecular formula is C24H28ClN3O2S. The molecule has 7 heteroatoms. The van der Waals surface area contributed by atoms with E-state index in [1.165, 1.54) is 15.8 Å². The van der Waals surface area contributed by atoms with Gasteiger partial charge in [-0.1, -0.05) is 38.4 Å². The normalized spacial score (nSPS) is 17.4. The number of nitrogens with zero attached hydrogens (tertiary/aromatic N) is 2. The van der Waals surface area contributed by atoms with Crippen molar-refractivity contribution in [3.8, 4) is 0 Å². The van der Waals surface area contributed by atoms with Gasteiger partial charge in [0.15, 0.2) is 0 Å². The van der Waals surface area contributed by atoms with Crippen molar-refractivity contribution in [2.45, 2.75) is 59.9 Å². The Labute approximate surface area is 191 Å². The Morgan fingerprint density at radius 3 is 2.77 bits per heavy atom. The van der Waals surface area contributed by atoms with E-state index in [1.807, 2.05) is 13.0 Å². The molecule has 3 aromatic rings. The van der Waals surface area contributed by atoms with Crippen LogP contribution in [0.4, 0.5) is 5.69 Å². The highest BCUT2D eigenvalue weighted by molar-refractivity contribution is 7.18. The molecule has 1 amide bonds. The highest BCUT2D eigenvalue weighted by Crippen LogP contribution is 2.42. The second-order valence-corrected chi connectivity index (χ2v) is 11.1. The summed E-state index contributed by atoms with van der Waals surface area (Å²) in [4.78, 5) is 32.8. The zero-order valence-corrected chi connectivity index (χ0v) is 20.2. The first kappa shape index (κ1) is 22.0. The van der Waals surface area contributed by atoms with Crippen LogP contribution in [-0.2, 0) is 17.6 Å². The number of amides is 1. The highest BCUT2D eigenvalue weighted by Gasteiger charge is 2.32. The molecule has 0 saturated carbocycles. The molecule has 2 atom stereocenters. The smallest absolute Gasteiger partial charge is 0.263 e. The van der Waals surface area contributed by atoms with Gasteiger partial charge in [0.05, 0.1) is 11.7 Å². The molecule has 2 unspecified atom stereocenters. The van der Waals surface area contributed by atoms with Gasteiger partial charge in [-0.3, -0.25) is 14.2 Å². The summed E-state index contributed by atoms with van der Waals surface area (Å²) in [6.45, 7) is 10.5. The Morgan fingerprint density at radius 1 is 1.35 bits per heavy atom. The van der Waals surface area contributed by atoms with E-state index in [0.717, 1.165) is 35.2 Å². The van der Waals surface area contributed by atoms with E-state index in [2.05, 4.69) is 31.1 Å². The Kier molecular flexibility index (Phi) is 5.73. The third kappa shape index (κ3) is 4.15. The quantitative estimate of drug-likeness (QED) is 0.542. The van der Waals surface area contributed by atoms with Crippen molar-refractivity contribution in [3.63, 3.8) is 0 Å². The lowest BCUT2D eigenvalue weighted by Gasteiger charge is -2.33. The number of hydrogen-bond acceptors (Lipinski definition) is 4. The molecule has 0 aliphatic heterocycles. The Balaban J connectivity index is 1.64.